The van der Waals surface area contributed by atoms with Gasteiger partial charge in [-0.1, -0.05) is 6.07 Å². The van der Waals surface area contributed by atoms with Crippen LogP contribution in [0.25, 0.3) is 0 Å². The molecule has 0 aromatic heterocycles. The van der Waals surface area contributed by atoms with E-state index in [1.54, 1.807) is 31.3 Å². The Labute approximate surface area is 116 Å². The number of anilines is 1. The molecule has 0 unspecified atom stereocenters. The van der Waals surface area contributed by atoms with Crippen LogP contribution in [0.5, 0.6) is 0 Å². The summed E-state index contributed by atoms with van der Waals surface area (Å²) in [5, 5.41) is 8.85. The van der Waals surface area contributed by atoms with E-state index in [9.17, 15) is 13.6 Å². The Morgan fingerprint density at radius 1 is 1.40 bits per heavy atom. The molecule has 1 fully saturated rings. The van der Waals surface area contributed by atoms with Gasteiger partial charge in [-0.05, 0) is 31.0 Å². The van der Waals surface area contributed by atoms with Gasteiger partial charge in [-0.15, -0.1) is 0 Å². The van der Waals surface area contributed by atoms with Crippen LogP contribution < -0.4 is 4.90 Å². The van der Waals surface area contributed by atoms with Gasteiger partial charge in [-0.2, -0.15) is 5.26 Å². The van der Waals surface area contributed by atoms with Gasteiger partial charge in [0.15, 0.2) is 0 Å². The molecule has 3 nitrogen and oxygen atoms in total. The first kappa shape index (κ1) is 14.4. The lowest BCUT2D eigenvalue weighted by Crippen LogP contribution is -2.37. The fourth-order valence-electron chi connectivity index (χ4n) is 2.47. The molecule has 0 aliphatic heterocycles. The van der Waals surface area contributed by atoms with Crippen molar-refractivity contribution in [1.29, 1.82) is 5.26 Å². The molecule has 1 aliphatic rings. The van der Waals surface area contributed by atoms with E-state index in [1.807, 2.05) is 6.07 Å². The number of nitriles is 1. The second kappa shape index (κ2) is 5.58. The molecule has 1 aliphatic carbocycles. The zero-order valence-corrected chi connectivity index (χ0v) is 11.3. The zero-order chi connectivity index (χ0) is 14.8. The fourth-order valence-corrected chi connectivity index (χ4v) is 2.47. The predicted octanol–water partition coefficient (Wildman–Crippen LogP) is 3.35. The van der Waals surface area contributed by atoms with Crippen molar-refractivity contribution in [2.45, 2.75) is 31.6 Å². The van der Waals surface area contributed by atoms with Crippen molar-refractivity contribution in [3.63, 3.8) is 0 Å². The summed E-state index contributed by atoms with van der Waals surface area (Å²) in [4.78, 5) is 13.8. The normalized spacial score (nSPS) is 18.3. The number of halogens is 2. The van der Waals surface area contributed by atoms with Gasteiger partial charge >= 0.3 is 0 Å². The Morgan fingerprint density at radius 2 is 2.05 bits per heavy atom. The summed E-state index contributed by atoms with van der Waals surface area (Å²) in [6, 6.07) is 8.72. The molecule has 1 amide bonds. The van der Waals surface area contributed by atoms with Gasteiger partial charge in [0.2, 0.25) is 11.8 Å². The highest BCUT2D eigenvalue weighted by atomic mass is 19.3. The summed E-state index contributed by atoms with van der Waals surface area (Å²) >= 11 is 0. The summed E-state index contributed by atoms with van der Waals surface area (Å²) in [7, 11) is 1.62. The Bertz CT molecular complexity index is 541. The van der Waals surface area contributed by atoms with Gasteiger partial charge in [0.1, 0.15) is 0 Å². The first-order chi connectivity index (χ1) is 9.43. The number of hydrogen-bond donors (Lipinski definition) is 0. The van der Waals surface area contributed by atoms with Crippen molar-refractivity contribution < 1.29 is 13.6 Å². The molecule has 1 saturated carbocycles. The average Bonchev–Trinajstić information content (AvgIpc) is 2.46. The van der Waals surface area contributed by atoms with Crippen molar-refractivity contribution in [3.8, 4) is 6.07 Å². The van der Waals surface area contributed by atoms with E-state index in [0.717, 1.165) is 0 Å². The Hall–Kier alpha value is -1.96. The van der Waals surface area contributed by atoms with Gasteiger partial charge in [0.25, 0.3) is 0 Å². The number of benzene rings is 1. The summed E-state index contributed by atoms with van der Waals surface area (Å²) in [6.45, 7) is 0. The first-order valence-electron chi connectivity index (χ1n) is 6.58. The lowest BCUT2D eigenvalue weighted by molar-refractivity contribution is -0.126. The van der Waals surface area contributed by atoms with Crippen LogP contribution in [0.4, 0.5) is 14.5 Å². The van der Waals surface area contributed by atoms with Crippen LogP contribution in [0.15, 0.2) is 24.3 Å². The van der Waals surface area contributed by atoms with Crippen molar-refractivity contribution in [2.75, 3.05) is 11.9 Å². The summed E-state index contributed by atoms with van der Waals surface area (Å²) in [5.41, 5.74) is 1.09. The maximum atomic E-state index is 13.1. The van der Waals surface area contributed by atoms with Gasteiger partial charge in [0, 0.05) is 31.5 Å². The lowest BCUT2D eigenvalue weighted by atomic mass is 9.86. The fraction of sp³-hybridized carbons (Fsp3) is 0.467. The molecule has 0 heterocycles. The molecule has 1 aromatic carbocycles. The molecule has 0 bridgehead atoms. The minimum atomic E-state index is -2.63. The van der Waals surface area contributed by atoms with Gasteiger partial charge in [-0.3, -0.25) is 4.79 Å². The highest BCUT2D eigenvalue weighted by molar-refractivity contribution is 5.94. The van der Waals surface area contributed by atoms with E-state index in [4.69, 9.17) is 5.26 Å². The molecule has 1 aromatic rings. The Morgan fingerprint density at radius 3 is 2.65 bits per heavy atom. The van der Waals surface area contributed by atoms with Gasteiger partial charge in [0.05, 0.1) is 11.6 Å². The summed E-state index contributed by atoms with van der Waals surface area (Å²) < 4.78 is 26.2. The van der Waals surface area contributed by atoms with Crippen LogP contribution in [-0.4, -0.2) is 18.9 Å². The predicted molar refractivity (Wildman–Crippen MR) is 71.5 cm³/mol. The highest BCUT2D eigenvalue weighted by Crippen LogP contribution is 2.37. The van der Waals surface area contributed by atoms with Crippen LogP contribution in [0.3, 0.4) is 0 Å². The van der Waals surface area contributed by atoms with Crippen molar-refractivity contribution >= 4 is 11.6 Å². The lowest BCUT2D eigenvalue weighted by Gasteiger charge is -2.30. The number of amides is 1. The second-order valence-corrected chi connectivity index (χ2v) is 5.19. The van der Waals surface area contributed by atoms with E-state index >= 15 is 0 Å². The second-order valence-electron chi connectivity index (χ2n) is 5.19. The van der Waals surface area contributed by atoms with Gasteiger partial charge < -0.3 is 4.90 Å². The van der Waals surface area contributed by atoms with Crippen molar-refractivity contribution in [2.24, 2.45) is 5.92 Å². The molecular formula is C15H16F2N2O. The Kier molecular flexibility index (Phi) is 4.03. The molecule has 2 rings (SSSR count). The molecule has 20 heavy (non-hydrogen) atoms. The number of rotatable bonds is 2. The van der Waals surface area contributed by atoms with E-state index in [1.165, 1.54) is 4.90 Å². The van der Waals surface area contributed by atoms with Crippen LogP contribution in [-0.2, 0) is 4.79 Å². The SMILES string of the molecule is CN(C(=O)C1CCC(F)(F)CC1)c1cccc(C#N)c1. The maximum Gasteiger partial charge on any atom is 0.248 e. The van der Waals surface area contributed by atoms with E-state index in [2.05, 4.69) is 0 Å². The highest BCUT2D eigenvalue weighted by Gasteiger charge is 2.38. The van der Waals surface area contributed by atoms with Crippen molar-refractivity contribution in [1.82, 2.24) is 0 Å². The first-order valence-corrected chi connectivity index (χ1v) is 6.58. The number of nitrogens with zero attached hydrogens (tertiary/aromatic N) is 2. The van der Waals surface area contributed by atoms with E-state index < -0.39 is 5.92 Å². The molecule has 0 N–H and O–H groups in total. The third-order valence-electron chi connectivity index (χ3n) is 3.76. The third kappa shape index (κ3) is 3.13. The minimum Gasteiger partial charge on any atom is -0.315 e. The van der Waals surface area contributed by atoms with Crippen LogP contribution in [0.2, 0.25) is 0 Å². The largest absolute Gasteiger partial charge is 0.315 e. The monoisotopic (exact) mass is 278 g/mol. The third-order valence-corrected chi connectivity index (χ3v) is 3.76. The molecule has 106 valence electrons. The quantitative estimate of drug-likeness (QED) is 0.832. The van der Waals surface area contributed by atoms with Crippen LogP contribution in [0, 0.1) is 17.2 Å². The molecule has 5 heteroatoms. The number of hydrogen-bond acceptors (Lipinski definition) is 2. The molecule has 0 saturated heterocycles. The summed E-state index contributed by atoms with van der Waals surface area (Å²) in [5.74, 6) is -3.14. The van der Waals surface area contributed by atoms with Crippen molar-refractivity contribution in [3.05, 3.63) is 29.8 Å². The van der Waals surface area contributed by atoms with E-state index in [-0.39, 0.29) is 37.5 Å². The standard InChI is InChI=1S/C15H16F2N2O/c1-19(13-4-2-3-11(9-13)10-18)14(20)12-5-7-15(16,17)8-6-12/h2-4,9,12H,5-8H2,1H3. The van der Waals surface area contributed by atoms with Gasteiger partial charge in [-0.25, -0.2) is 8.78 Å². The number of carbonyl (C=O) groups is 1. The minimum absolute atomic E-state index is 0.157. The number of carbonyl (C=O) groups excluding carboxylic acids is 1. The maximum absolute atomic E-state index is 13.1. The topological polar surface area (TPSA) is 44.1 Å². The van der Waals surface area contributed by atoms with Crippen LogP contribution in [0.1, 0.15) is 31.2 Å². The Balaban J connectivity index is 2.07. The number of alkyl halides is 2. The van der Waals surface area contributed by atoms with E-state index in [0.29, 0.717) is 11.3 Å². The van der Waals surface area contributed by atoms with Crippen LogP contribution >= 0.6 is 0 Å². The molecular weight excluding hydrogens is 262 g/mol. The summed E-state index contributed by atoms with van der Waals surface area (Å²) in [6.07, 6.45) is -0.0206. The molecule has 0 radical (unpaired) electrons. The smallest absolute Gasteiger partial charge is 0.248 e. The molecule has 0 spiro atoms. The average molecular weight is 278 g/mol. The molecule has 0 atom stereocenters. The zero-order valence-electron chi connectivity index (χ0n) is 11.3.